The molecule has 3 aromatic rings. The molecule has 1 aliphatic heterocycles. The van der Waals surface area contributed by atoms with Gasteiger partial charge in [0.25, 0.3) is 5.69 Å². The molecule has 1 aliphatic carbocycles. The Hall–Kier alpha value is -4.06. The largest absolute Gasteiger partial charge is 0.485 e. The number of aryl methyl sites for hydroxylation is 1. The number of non-ortho nitro benzene ring substituents is 1. The first-order chi connectivity index (χ1) is 15.4. The lowest BCUT2D eigenvalue weighted by atomic mass is 9.75. The van der Waals surface area contributed by atoms with E-state index in [0.29, 0.717) is 28.9 Å². The predicted molar refractivity (Wildman–Crippen MR) is 118 cm³/mol. The van der Waals surface area contributed by atoms with Gasteiger partial charge in [-0.25, -0.2) is 0 Å². The minimum absolute atomic E-state index is 0.0264. The van der Waals surface area contributed by atoms with Crippen LogP contribution in [0.3, 0.4) is 0 Å². The Labute approximate surface area is 184 Å². The highest BCUT2D eigenvalue weighted by atomic mass is 16.6. The van der Waals surface area contributed by atoms with Gasteiger partial charge < -0.3 is 4.74 Å². The number of nitro groups is 1. The quantitative estimate of drug-likeness (QED) is 0.322. The highest BCUT2D eigenvalue weighted by molar-refractivity contribution is 6.52. The summed E-state index contributed by atoms with van der Waals surface area (Å²) < 4.78 is 6.37. The minimum Gasteiger partial charge on any atom is -0.485 e. The van der Waals surface area contributed by atoms with Crippen molar-refractivity contribution in [3.8, 4) is 0 Å². The van der Waals surface area contributed by atoms with Gasteiger partial charge in [-0.2, -0.15) is 0 Å². The maximum atomic E-state index is 13.2. The first-order valence-electron chi connectivity index (χ1n) is 10.3. The zero-order chi connectivity index (χ0) is 22.4. The summed E-state index contributed by atoms with van der Waals surface area (Å²) in [7, 11) is 0. The van der Waals surface area contributed by atoms with E-state index in [1.165, 1.54) is 12.1 Å². The Morgan fingerprint density at radius 3 is 2.12 bits per heavy atom. The molecule has 1 heterocycles. The number of rotatable bonds is 3. The molecule has 0 aromatic heterocycles. The minimum atomic E-state index is -0.579. The van der Waals surface area contributed by atoms with E-state index in [1.54, 1.807) is 30.3 Å². The van der Waals surface area contributed by atoms with Crippen molar-refractivity contribution in [3.05, 3.63) is 116 Å². The molecule has 0 N–H and O–H groups in total. The van der Waals surface area contributed by atoms with Crippen molar-refractivity contribution in [2.75, 3.05) is 0 Å². The summed E-state index contributed by atoms with van der Waals surface area (Å²) in [6, 6.07) is 21.1. The lowest BCUT2D eigenvalue weighted by Gasteiger charge is -2.36. The van der Waals surface area contributed by atoms with Gasteiger partial charge in [-0.3, -0.25) is 19.7 Å². The van der Waals surface area contributed by atoms with Gasteiger partial charge in [0.1, 0.15) is 11.9 Å². The second kappa shape index (κ2) is 7.57. The third kappa shape index (κ3) is 3.21. The Morgan fingerprint density at radius 1 is 0.844 bits per heavy atom. The van der Waals surface area contributed by atoms with Crippen LogP contribution in [0.15, 0.2) is 78.4 Å². The van der Waals surface area contributed by atoms with Crippen molar-refractivity contribution >= 4 is 23.0 Å². The van der Waals surface area contributed by atoms with Gasteiger partial charge >= 0.3 is 0 Å². The van der Waals surface area contributed by atoms with Crippen LogP contribution < -0.4 is 0 Å². The second-order valence-electron chi connectivity index (χ2n) is 8.10. The van der Waals surface area contributed by atoms with Crippen LogP contribution in [-0.2, 0) is 9.53 Å². The summed E-state index contributed by atoms with van der Waals surface area (Å²) >= 11 is 0. The molecule has 0 unspecified atom stereocenters. The molecule has 0 amide bonds. The van der Waals surface area contributed by atoms with E-state index in [-0.39, 0.29) is 11.8 Å². The molecule has 5 rings (SSSR count). The number of nitro benzene ring substituents is 1. The highest BCUT2D eigenvalue weighted by Gasteiger charge is 2.43. The lowest BCUT2D eigenvalue weighted by Crippen LogP contribution is -2.32. The lowest BCUT2D eigenvalue weighted by molar-refractivity contribution is -0.384. The van der Waals surface area contributed by atoms with E-state index in [4.69, 9.17) is 4.74 Å². The third-order valence-corrected chi connectivity index (χ3v) is 6.13. The topological polar surface area (TPSA) is 86.5 Å². The Morgan fingerprint density at radius 2 is 1.47 bits per heavy atom. The summed E-state index contributed by atoms with van der Waals surface area (Å²) in [5, 5.41) is 11.1. The van der Waals surface area contributed by atoms with Crippen molar-refractivity contribution in [3.63, 3.8) is 0 Å². The fourth-order valence-corrected chi connectivity index (χ4v) is 4.45. The molecule has 0 bridgehead atoms. The monoisotopic (exact) mass is 425 g/mol. The fraction of sp³-hybridized carbons (Fsp3) is 0.154. The summed E-state index contributed by atoms with van der Waals surface area (Å²) in [6.07, 6.45) is 0.115. The molecule has 6 heteroatoms. The number of hydrogen-bond donors (Lipinski definition) is 0. The summed E-state index contributed by atoms with van der Waals surface area (Å²) in [6.45, 7) is 2.01. The smallest absolute Gasteiger partial charge is 0.269 e. The van der Waals surface area contributed by atoms with Crippen LogP contribution in [0.1, 0.15) is 51.1 Å². The SMILES string of the molecule is Cc1ccc([C@@H]2C[C@@H](c3ccc([N+](=O)[O-])cc3)C3=C(O2)c2ccccc2C(=O)C3=O)cc1. The fourth-order valence-electron chi connectivity index (χ4n) is 4.45. The zero-order valence-corrected chi connectivity index (χ0v) is 17.3. The van der Waals surface area contributed by atoms with Crippen LogP contribution in [0, 0.1) is 17.0 Å². The van der Waals surface area contributed by atoms with Gasteiger partial charge in [-0.15, -0.1) is 0 Å². The summed E-state index contributed by atoms with van der Waals surface area (Å²) in [4.78, 5) is 36.7. The molecule has 3 aromatic carbocycles. The number of ketones is 2. The average Bonchev–Trinajstić information content (AvgIpc) is 2.82. The molecule has 158 valence electrons. The molecule has 0 saturated heterocycles. The Balaban J connectivity index is 1.68. The normalized spacial score (nSPS) is 19.8. The van der Waals surface area contributed by atoms with E-state index < -0.39 is 22.4 Å². The molecular weight excluding hydrogens is 406 g/mol. The Bertz CT molecular complexity index is 1290. The van der Waals surface area contributed by atoms with E-state index in [0.717, 1.165) is 16.7 Å². The van der Waals surface area contributed by atoms with Gasteiger partial charge in [0, 0.05) is 29.2 Å². The van der Waals surface area contributed by atoms with Gasteiger partial charge in [0.2, 0.25) is 11.6 Å². The van der Waals surface area contributed by atoms with E-state index in [9.17, 15) is 19.7 Å². The number of allylic oxidation sites excluding steroid dienone is 1. The van der Waals surface area contributed by atoms with Crippen LogP contribution in [0.5, 0.6) is 0 Å². The van der Waals surface area contributed by atoms with E-state index in [2.05, 4.69) is 0 Å². The van der Waals surface area contributed by atoms with Gasteiger partial charge in [0.15, 0.2) is 0 Å². The molecule has 6 nitrogen and oxygen atoms in total. The van der Waals surface area contributed by atoms with Gasteiger partial charge in [0.05, 0.1) is 10.5 Å². The van der Waals surface area contributed by atoms with Crippen molar-refractivity contribution in [2.24, 2.45) is 0 Å². The van der Waals surface area contributed by atoms with Crippen LogP contribution >= 0.6 is 0 Å². The molecule has 0 radical (unpaired) electrons. The molecular formula is C26H19NO5. The van der Waals surface area contributed by atoms with E-state index >= 15 is 0 Å². The number of ether oxygens (including phenoxy) is 1. The van der Waals surface area contributed by atoms with Crippen LogP contribution in [-0.4, -0.2) is 16.5 Å². The first kappa shape index (κ1) is 19.9. The van der Waals surface area contributed by atoms with Crippen LogP contribution in [0.25, 0.3) is 5.76 Å². The third-order valence-electron chi connectivity index (χ3n) is 6.13. The number of hydrogen-bond acceptors (Lipinski definition) is 5. The van der Waals surface area contributed by atoms with Gasteiger partial charge in [-0.05, 0) is 24.5 Å². The number of carbonyl (C=O) groups is 2. The summed E-state index contributed by atoms with van der Waals surface area (Å²) in [5.41, 5.74) is 4.08. The van der Waals surface area contributed by atoms with Crippen molar-refractivity contribution < 1.29 is 19.2 Å². The summed E-state index contributed by atoms with van der Waals surface area (Å²) in [5.74, 6) is -1.13. The maximum Gasteiger partial charge on any atom is 0.269 e. The highest BCUT2D eigenvalue weighted by Crippen LogP contribution is 2.49. The van der Waals surface area contributed by atoms with Gasteiger partial charge in [-0.1, -0.05) is 66.2 Å². The molecule has 2 aliphatic rings. The number of fused-ring (bicyclic) bond motifs is 2. The number of carbonyl (C=O) groups excluding carboxylic acids is 2. The number of Topliss-reactive ketones (excluding diaryl/α,β-unsaturated/α-hetero) is 2. The number of nitrogens with zero attached hydrogens (tertiary/aromatic N) is 1. The molecule has 32 heavy (non-hydrogen) atoms. The van der Waals surface area contributed by atoms with E-state index in [1.807, 2.05) is 37.3 Å². The first-order valence-corrected chi connectivity index (χ1v) is 10.3. The van der Waals surface area contributed by atoms with Crippen molar-refractivity contribution in [1.82, 2.24) is 0 Å². The molecule has 0 saturated carbocycles. The maximum absolute atomic E-state index is 13.2. The molecule has 0 fully saturated rings. The van der Waals surface area contributed by atoms with Crippen molar-refractivity contribution in [1.29, 1.82) is 0 Å². The molecule has 0 spiro atoms. The van der Waals surface area contributed by atoms with Crippen LogP contribution in [0.2, 0.25) is 0 Å². The average molecular weight is 425 g/mol. The van der Waals surface area contributed by atoms with Crippen molar-refractivity contribution in [2.45, 2.75) is 25.4 Å². The number of benzene rings is 3. The zero-order valence-electron chi connectivity index (χ0n) is 17.3. The predicted octanol–water partition coefficient (Wildman–Crippen LogP) is 5.33. The second-order valence-corrected chi connectivity index (χ2v) is 8.10. The van der Waals surface area contributed by atoms with Crippen LogP contribution in [0.4, 0.5) is 5.69 Å². The standard InChI is InChI=1S/C26H19NO5/c1-15-6-8-17(9-7-15)22-14-21(16-10-12-18(13-11-16)27(30)31)23-25(29)24(28)19-4-2-3-5-20(19)26(23)32-22/h2-13,21-22H,14H2,1H3/t21-,22-/m0/s1. The Kier molecular flexibility index (Phi) is 4.70. The molecule has 2 atom stereocenters.